The summed E-state index contributed by atoms with van der Waals surface area (Å²) in [5.74, 6) is 0.693. The van der Waals surface area contributed by atoms with Crippen molar-refractivity contribution in [3.05, 3.63) is 0 Å². The maximum absolute atomic E-state index is 5.85. The highest BCUT2D eigenvalue weighted by atomic mass is 16.5. The largest absolute Gasteiger partial charge is 0.381 e. The van der Waals surface area contributed by atoms with Crippen LogP contribution in [0.5, 0.6) is 0 Å². The molecule has 1 saturated heterocycles. The first-order valence-corrected chi connectivity index (χ1v) is 6.08. The molecule has 1 rings (SSSR count). The molecule has 1 heterocycles. The van der Waals surface area contributed by atoms with Gasteiger partial charge in [-0.15, -0.1) is 0 Å². The molecule has 3 unspecified atom stereocenters. The minimum Gasteiger partial charge on any atom is -0.381 e. The van der Waals surface area contributed by atoms with E-state index in [0.717, 1.165) is 25.9 Å². The molecular weight excluding hydrogens is 188 g/mol. The lowest BCUT2D eigenvalue weighted by Gasteiger charge is -2.43. The predicted octanol–water partition coefficient (Wildman–Crippen LogP) is 1.47. The van der Waals surface area contributed by atoms with Crippen LogP contribution in [-0.2, 0) is 4.74 Å². The molecule has 0 aromatic heterocycles. The topological polar surface area (TPSA) is 38.5 Å². The van der Waals surface area contributed by atoms with Crippen LogP contribution in [0.4, 0.5) is 0 Å². The number of ether oxygens (including phenoxy) is 1. The van der Waals surface area contributed by atoms with E-state index in [0.29, 0.717) is 24.1 Å². The molecule has 0 aromatic carbocycles. The van der Waals surface area contributed by atoms with E-state index >= 15 is 0 Å². The number of piperidine rings is 1. The smallest absolute Gasteiger partial charge is 0.0599 e. The Morgan fingerprint density at radius 3 is 2.53 bits per heavy atom. The van der Waals surface area contributed by atoms with Gasteiger partial charge in [0.1, 0.15) is 0 Å². The number of likely N-dealkylation sites (tertiary alicyclic amines) is 1. The molecule has 0 amide bonds. The SMILES string of the molecule is COC1CCN(C(C)C(C)C)C(CN)C1. The lowest BCUT2D eigenvalue weighted by molar-refractivity contribution is -0.00898. The molecule has 1 fully saturated rings. The third-order valence-corrected chi connectivity index (χ3v) is 3.81. The summed E-state index contributed by atoms with van der Waals surface area (Å²) in [4.78, 5) is 2.56. The fraction of sp³-hybridized carbons (Fsp3) is 1.00. The summed E-state index contributed by atoms with van der Waals surface area (Å²) >= 11 is 0. The first-order valence-electron chi connectivity index (χ1n) is 6.08. The highest BCUT2D eigenvalue weighted by molar-refractivity contribution is 4.86. The Labute approximate surface area is 94.0 Å². The fourth-order valence-electron chi connectivity index (χ4n) is 2.40. The third kappa shape index (κ3) is 3.16. The van der Waals surface area contributed by atoms with Crippen LogP contribution in [0.3, 0.4) is 0 Å². The molecule has 1 aliphatic rings. The average Bonchev–Trinajstić information content (AvgIpc) is 2.27. The second-order valence-corrected chi connectivity index (χ2v) is 4.99. The molecule has 0 saturated carbocycles. The van der Waals surface area contributed by atoms with Gasteiger partial charge in [0.05, 0.1) is 6.10 Å². The third-order valence-electron chi connectivity index (χ3n) is 3.81. The van der Waals surface area contributed by atoms with E-state index in [1.165, 1.54) is 0 Å². The van der Waals surface area contributed by atoms with E-state index in [-0.39, 0.29) is 0 Å². The summed E-state index contributed by atoms with van der Waals surface area (Å²) in [6.45, 7) is 8.73. The molecule has 0 bridgehead atoms. The molecule has 0 spiro atoms. The molecule has 90 valence electrons. The van der Waals surface area contributed by atoms with Crippen LogP contribution >= 0.6 is 0 Å². The fourth-order valence-corrected chi connectivity index (χ4v) is 2.40. The minimum atomic E-state index is 0.411. The number of methoxy groups -OCH3 is 1. The van der Waals surface area contributed by atoms with E-state index in [1.54, 1.807) is 7.11 Å². The van der Waals surface area contributed by atoms with Gasteiger partial charge in [-0.2, -0.15) is 0 Å². The van der Waals surface area contributed by atoms with E-state index in [1.807, 2.05) is 0 Å². The van der Waals surface area contributed by atoms with Crippen molar-refractivity contribution in [2.75, 3.05) is 20.2 Å². The lowest BCUT2D eigenvalue weighted by Crippen LogP contribution is -2.53. The van der Waals surface area contributed by atoms with Gasteiger partial charge in [0.15, 0.2) is 0 Å². The highest BCUT2D eigenvalue weighted by Crippen LogP contribution is 2.23. The summed E-state index contributed by atoms with van der Waals surface area (Å²) in [5.41, 5.74) is 5.85. The average molecular weight is 214 g/mol. The van der Waals surface area contributed by atoms with Gasteiger partial charge in [0.25, 0.3) is 0 Å². The normalized spacial score (nSPS) is 30.8. The summed E-state index contributed by atoms with van der Waals surface area (Å²) in [5, 5.41) is 0. The zero-order valence-electron chi connectivity index (χ0n) is 10.6. The van der Waals surface area contributed by atoms with Gasteiger partial charge in [-0.05, 0) is 25.7 Å². The maximum Gasteiger partial charge on any atom is 0.0599 e. The second kappa shape index (κ2) is 5.83. The van der Waals surface area contributed by atoms with Gasteiger partial charge >= 0.3 is 0 Å². The van der Waals surface area contributed by atoms with Crippen LogP contribution in [0.1, 0.15) is 33.6 Å². The Morgan fingerprint density at radius 2 is 2.07 bits per heavy atom. The van der Waals surface area contributed by atoms with E-state index in [2.05, 4.69) is 25.7 Å². The summed E-state index contributed by atoms with van der Waals surface area (Å²) in [7, 11) is 1.81. The van der Waals surface area contributed by atoms with Crippen LogP contribution in [0.15, 0.2) is 0 Å². The summed E-state index contributed by atoms with van der Waals surface area (Å²) < 4.78 is 5.43. The number of nitrogens with zero attached hydrogens (tertiary/aromatic N) is 1. The van der Waals surface area contributed by atoms with Crippen LogP contribution in [-0.4, -0.2) is 43.3 Å². The number of nitrogens with two attached hydrogens (primary N) is 1. The Bertz CT molecular complexity index is 184. The molecule has 3 heteroatoms. The Morgan fingerprint density at radius 1 is 1.40 bits per heavy atom. The van der Waals surface area contributed by atoms with Gasteiger partial charge in [-0.25, -0.2) is 0 Å². The van der Waals surface area contributed by atoms with Crippen molar-refractivity contribution in [2.24, 2.45) is 11.7 Å². The number of rotatable bonds is 4. The molecule has 3 atom stereocenters. The molecule has 15 heavy (non-hydrogen) atoms. The van der Waals surface area contributed by atoms with Crippen LogP contribution in [0, 0.1) is 5.92 Å². The van der Waals surface area contributed by atoms with Gasteiger partial charge in [0, 0.05) is 32.3 Å². The monoisotopic (exact) mass is 214 g/mol. The van der Waals surface area contributed by atoms with Crippen molar-refractivity contribution >= 4 is 0 Å². The number of hydrogen-bond acceptors (Lipinski definition) is 3. The number of hydrogen-bond donors (Lipinski definition) is 1. The Balaban J connectivity index is 2.57. The summed E-state index contributed by atoms with van der Waals surface area (Å²) in [6, 6.07) is 1.12. The Hall–Kier alpha value is -0.120. The molecule has 2 N–H and O–H groups in total. The van der Waals surface area contributed by atoms with E-state index in [4.69, 9.17) is 10.5 Å². The molecule has 1 aliphatic heterocycles. The first kappa shape index (κ1) is 12.9. The quantitative estimate of drug-likeness (QED) is 0.770. The van der Waals surface area contributed by atoms with Crippen molar-refractivity contribution in [2.45, 2.75) is 51.8 Å². The second-order valence-electron chi connectivity index (χ2n) is 4.99. The van der Waals surface area contributed by atoms with Crippen molar-refractivity contribution in [3.8, 4) is 0 Å². The lowest BCUT2D eigenvalue weighted by atomic mass is 9.94. The van der Waals surface area contributed by atoms with E-state index < -0.39 is 0 Å². The zero-order valence-corrected chi connectivity index (χ0v) is 10.6. The minimum absolute atomic E-state index is 0.411. The van der Waals surface area contributed by atoms with Gasteiger partial charge in [-0.1, -0.05) is 13.8 Å². The molecule has 0 aromatic rings. The maximum atomic E-state index is 5.85. The highest BCUT2D eigenvalue weighted by Gasteiger charge is 2.31. The van der Waals surface area contributed by atoms with Crippen molar-refractivity contribution in [1.29, 1.82) is 0 Å². The Kier molecular flexibility index (Phi) is 5.03. The standard InChI is InChI=1S/C12H26N2O/c1-9(2)10(3)14-6-5-12(15-4)7-11(14)8-13/h9-12H,5-8,13H2,1-4H3. The molecule has 3 nitrogen and oxygen atoms in total. The van der Waals surface area contributed by atoms with Gasteiger partial charge in [0.2, 0.25) is 0 Å². The molecular formula is C12H26N2O. The predicted molar refractivity (Wildman–Crippen MR) is 63.9 cm³/mol. The van der Waals surface area contributed by atoms with Crippen molar-refractivity contribution in [3.63, 3.8) is 0 Å². The van der Waals surface area contributed by atoms with Gasteiger partial charge < -0.3 is 10.5 Å². The van der Waals surface area contributed by atoms with Gasteiger partial charge in [-0.3, -0.25) is 4.90 Å². The van der Waals surface area contributed by atoms with Crippen molar-refractivity contribution < 1.29 is 4.74 Å². The molecule has 0 radical (unpaired) electrons. The van der Waals surface area contributed by atoms with Crippen molar-refractivity contribution in [1.82, 2.24) is 4.90 Å². The van der Waals surface area contributed by atoms with E-state index in [9.17, 15) is 0 Å². The van der Waals surface area contributed by atoms with Crippen LogP contribution in [0.2, 0.25) is 0 Å². The first-order chi connectivity index (χ1) is 7.10. The molecule has 0 aliphatic carbocycles. The van der Waals surface area contributed by atoms with Crippen LogP contribution < -0.4 is 5.73 Å². The zero-order chi connectivity index (χ0) is 11.4. The van der Waals surface area contributed by atoms with Crippen LogP contribution in [0.25, 0.3) is 0 Å². The summed E-state index contributed by atoms with van der Waals surface area (Å²) in [6.07, 6.45) is 2.64.